The van der Waals surface area contributed by atoms with E-state index in [0.29, 0.717) is 23.6 Å². The van der Waals surface area contributed by atoms with Crippen molar-refractivity contribution in [1.29, 1.82) is 0 Å². The van der Waals surface area contributed by atoms with E-state index in [9.17, 15) is 4.39 Å². The Morgan fingerprint density at radius 1 is 1.07 bits per heavy atom. The average Bonchev–Trinajstić information content (AvgIpc) is 2.71. The van der Waals surface area contributed by atoms with Gasteiger partial charge in [-0.25, -0.2) is 9.37 Å². The smallest absolute Gasteiger partial charge is 0.228 e. The molecule has 0 atom stereocenters. The van der Waals surface area contributed by atoms with Crippen LogP contribution in [0.25, 0.3) is 0 Å². The summed E-state index contributed by atoms with van der Waals surface area (Å²) in [6, 6.07) is 16.5. The van der Waals surface area contributed by atoms with E-state index in [4.69, 9.17) is 4.74 Å². The number of nitrogens with one attached hydrogen (secondary N) is 1. The van der Waals surface area contributed by atoms with Crippen LogP contribution in [0.3, 0.4) is 0 Å². The minimum absolute atomic E-state index is 0.294. The normalized spacial score (nSPS) is 14.7. The van der Waals surface area contributed by atoms with Gasteiger partial charge in [-0.15, -0.1) is 0 Å². The van der Waals surface area contributed by atoms with Gasteiger partial charge < -0.3 is 15.0 Å². The summed E-state index contributed by atoms with van der Waals surface area (Å²) in [5.41, 5.74) is 2.43. The Balaban J connectivity index is 1.36. The maximum Gasteiger partial charge on any atom is 0.228 e. The molecular formula is C22H23FN4O. The third-order valence-electron chi connectivity index (χ3n) is 4.82. The lowest BCUT2D eigenvalue weighted by Crippen LogP contribution is -2.40. The summed E-state index contributed by atoms with van der Waals surface area (Å²) in [6.07, 6.45) is 3.72. The molecule has 6 heteroatoms. The van der Waals surface area contributed by atoms with Gasteiger partial charge in [-0.3, -0.25) is 0 Å². The average molecular weight is 378 g/mol. The van der Waals surface area contributed by atoms with Crippen molar-refractivity contribution in [2.45, 2.75) is 25.8 Å². The van der Waals surface area contributed by atoms with Gasteiger partial charge in [0.1, 0.15) is 11.6 Å². The Labute approximate surface area is 164 Å². The van der Waals surface area contributed by atoms with Crippen molar-refractivity contribution in [2.75, 3.05) is 23.3 Å². The molecule has 4 rings (SSSR count). The predicted octanol–water partition coefficient (Wildman–Crippen LogP) is 4.80. The number of hydrogen-bond donors (Lipinski definition) is 1. The van der Waals surface area contributed by atoms with Crippen molar-refractivity contribution >= 4 is 11.6 Å². The number of halogens is 1. The molecule has 0 amide bonds. The summed E-state index contributed by atoms with van der Waals surface area (Å²) in [6.45, 7) is 3.86. The molecule has 1 aliphatic rings. The highest BCUT2D eigenvalue weighted by Gasteiger charge is 2.21. The maximum absolute atomic E-state index is 13.0. The van der Waals surface area contributed by atoms with E-state index in [0.717, 1.165) is 25.9 Å². The Hall–Kier alpha value is -3.15. The zero-order valence-corrected chi connectivity index (χ0v) is 15.8. The van der Waals surface area contributed by atoms with Crippen LogP contribution in [-0.4, -0.2) is 29.1 Å². The fourth-order valence-electron chi connectivity index (χ4n) is 3.36. The molecule has 0 radical (unpaired) electrons. The van der Waals surface area contributed by atoms with E-state index in [-0.39, 0.29) is 5.82 Å². The molecule has 0 spiro atoms. The summed E-state index contributed by atoms with van der Waals surface area (Å²) < 4.78 is 18.7. The molecule has 1 fully saturated rings. The van der Waals surface area contributed by atoms with Gasteiger partial charge in [0, 0.05) is 37.1 Å². The third kappa shape index (κ3) is 4.57. The lowest BCUT2D eigenvalue weighted by atomic mass is 10.0. The first-order chi connectivity index (χ1) is 13.7. The van der Waals surface area contributed by atoms with E-state index in [1.807, 2.05) is 0 Å². The zero-order valence-electron chi connectivity index (χ0n) is 15.8. The molecule has 5 nitrogen and oxygen atoms in total. The monoisotopic (exact) mass is 378 g/mol. The Kier molecular flexibility index (Phi) is 5.37. The number of anilines is 2. The zero-order chi connectivity index (χ0) is 19.3. The molecule has 1 saturated heterocycles. The quantitative estimate of drug-likeness (QED) is 0.691. The molecular weight excluding hydrogens is 355 g/mol. The number of aromatic nitrogens is 2. The van der Waals surface area contributed by atoms with E-state index >= 15 is 0 Å². The number of ether oxygens (including phenoxy) is 1. The van der Waals surface area contributed by atoms with Crippen molar-refractivity contribution in [3.63, 3.8) is 0 Å². The predicted molar refractivity (Wildman–Crippen MR) is 109 cm³/mol. The standard InChI is InChI=1S/C22H23FN4O/c1-16-3-2-4-19(15-16)25-18-10-13-27(14-11-18)22-24-12-9-21(26-22)28-20-7-5-17(23)6-8-20/h2-9,12,15,18,25H,10-11,13-14H2,1H3. The maximum atomic E-state index is 13.0. The summed E-state index contributed by atoms with van der Waals surface area (Å²) in [5.74, 6) is 1.37. The van der Waals surface area contributed by atoms with E-state index in [1.165, 1.54) is 23.4 Å². The largest absolute Gasteiger partial charge is 0.439 e. The van der Waals surface area contributed by atoms with Crippen molar-refractivity contribution in [3.05, 3.63) is 72.2 Å². The second kappa shape index (κ2) is 8.25. The molecule has 1 aliphatic heterocycles. The van der Waals surface area contributed by atoms with E-state index in [2.05, 4.69) is 51.4 Å². The summed E-state index contributed by atoms with van der Waals surface area (Å²) in [5, 5.41) is 3.62. The highest BCUT2D eigenvalue weighted by molar-refractivity contribution is 5.46. The van der Waals surface area contributed by atoms with E-state index in [1.54, 1.807) is 24.4 Å². The number of piperidine rings is 1. The van der Waals surface area contributed by atoms with Gasteiger partial charge in [0.15, 0.2) is 0 Å². The van der Waals surface area contributed by atoms with Crippen molar-refractivity contribution in [1.82, 2.24) is 9.97 Å². The second-order valence-corrected chi connectivity index (χ2v) is 7.03. The van der Waals surface area contributed by atoms with Gasteiger partial charge in [-0.05, 0) is 61.7 Å². The Morgan fingerprint density at radius 3 is 2.61 bits per heavy atom. The topological polar surface area (TPSA) is 50.3 Å². The lowest BCUT2D eigenvalue weighted by molar-refractivity contribution is 0.456. The third-order valence-corrected chi connectivity index (χ3v) is 4.82. The Morgan fingerprint density at radius 2 is 1.86 bits per heavy atom. The van der Waals surface area contributed by atoms with Gasteiger partial charge >= 0.3 is 0 Å². The first-order valence-electron chi connectivity index (χ1n) is 9.50. The number of benzene rings is 2. The number of hydrogen-bond acceptors (Lipinski definition) is 5. The molecule has 3 aromatic rings. The van der Waals surface area contributed by atoms with Crippen LogP contribution in [0, 0.1) is 12.7 Å². The summed E-state index contributed by atoms with van der Waals surface area (Å²) in [7, 11) is 0. The van der Waals surface area contributed by atoms with Crippen LogP contribution in [0.2, 0.25) is 0 Å². The lowest BCUT2D eigenvalue weighted by Gasteiger charge is -2.33. The van der Waals surface area contributed by atoms with Crippen LogP contribution >= 0.6 is 0 Å². The number of nitrogens with zero attached hydrogens (tertiary/aromatic N) is 3. The highest BCUT2D eigenvalue weighted by atomic mass is 19.1. The molecule has 2 aromatic carbocycles. The van der Waals surface area contributed by atoms with Crippen molar-refractivity contribution in [3.8, 4) is 11.6 Å². The van der Waals surface area contributed by atoms with Crippen LogP contribution in [-0.2, 0) is 0 Å². The van der Waals surface area contributed by atoms with Crippen molar-refractivity contribution in [2.24, 2.45) is 0 Å². The van der Waals surface area contributed by atoms with Crippen LogP contribution in [0.5, 0.6) is 11.6 Å². The minimum Gasteiger partial charge on any atom is -0.439 e. The molecule has 0 bridgehead atoms. The molecule has 144 valence electrons. The second-order valence-electron chi connectivity index (χ2n) is 7.03. The molecule has 0 saturated carbocycles. The van der Waals surface area contributed by atoms with Gasteiger partial charge in [-0.2, -0.15) is 4.98 Å². The first-order valence-corrected chi connectivity index (χ1v) is 9.50. The number of rotatable bonds is 5. The van der Waals surface area contributed by atoms with Crippen LogP contribution < -0.4 is 15.0 Å². The van der Waals surface area contributed by atoms with Crippen LogP contribution in [0.1, 0.15) is 18.4 Å². The summed E-state index contributed by atoms with van der Waals surface area (Å²) in [4.78, 5) is 11.1. The number of aryl methyl sites for hydroxylation is 1. The van der Waals surface area contributed by atoms with E-state index < -0.39 is 0 Å². The molecule has 0 aliphatic carbocycles. The van der Waals surface area contributed by atoms with Crippen molar-refractivity contribution < 1.29 is 9.13 Å². The summed E-state index contributed by atoms with van der Waals surface area (Å²) >= 11 is 0. The Bertz CT molecular complexity index is 924. The van der Waals surface area contributed by atoms with Crippen LogP contribution in [0.15, 0.2) is 60.8 Å². The fourth-order valence-corrected chi connectivity index (χ4v) is 3.36. The highest BCUT2D eigenvalue weighted by Crippen LogP contribution is 2.24. The molecule has 28 heavy (non-hydrogen) atoms. The van der Waals surface area contributed by atoms with Gasteiger partial charge in [-0.1, -0.05) is 12.1 Å². The molecule has 0 unspecified atom stereocenters. The fraction of sp³-hybridized carbons (Fsp3) is 0.273. The van der Waals surface area contributed by atoms with Gasteiger partial charge in [0.05, 0.1) is 0 Å². The first kappa shape index (κ1) is 18.2. The van der Waals surface area contributed by atoms with Crippen LogP contribution in [0.4, 0.5) is 16.0 Å². The molecule has 1 aromatic heterocycles. The van der Waals surface area contributed by atoms with Gasteiger partial charge in [0.25, 0.3) is 0 Å². The minimum atomic E-state index is -0.294. The molecule has 2 heterocycles. The van der Waals surface area contributed by atoms with Gasteiger partial charge in [0.2, 0.25) is 11.8 Å². The molecule has 1 N–H and O–H groups in total. The SMILES string of the molecule is Cc1cccc(NC2CCN(c3nccc(Oc4ccc(F)cc4)n3)CC2)c1.